The Bertz CT molecular complexity index is 201. The normalized spacial score (nSPS) is 23.1. The SMILES string of the molecule is CCCNCCP(C1CCCCC1)C1CCCCC1. The van der Waals surface area contributed by atoms with Gasteiger partial charge in [-0.15, -0.1) is 0 Å². The molecule has 0 aromatic rings. The Labute approximate surface area is 122 Å². The van der Waals surface area contributed by atoms with Gasteiger partial charge in [0.15, 0.2) is 0 Å². The predicted molar refractivity (Wildman–Crippen MR) is 88.7 cm³/mol. The van der Waals surface area contributed by atoms with Gasteiger partial charge in [0.1, 0.15) is 0 Å². The van der Waals surface area contributed by atoms with Gasteiger partial charge < -0.3 is 5.32 Å². The van der Waals surface area contributed by atoms with Crippen LogP contribution in [0.25, 0.3) is 0 Å². The van der Waals surface area contributed by atoms with Crippen molar-refractivity contribution in [3.8, 4) is 0 Å². The fraction of sp³-hybridized carbons (Fsp3) is 1.00. The van der Waals surface area contributed by atoms with Gasteiger partial charge in [0.2, 0.25) is 0 Å². The van der Waals surface area contributed by atoms with Crippen LogP contribution in [0.3, 0.4) is 0 Å². The topological polar surface area (TPSA) is 12.0 Å². The molecule has 0 aliphatic heterocycles. The van der Waals surface area contributed by atoms with Gasteiger partial charge in [-0.1, -0.05) is 53.4 Å². The second-order valence-electron chi connectivity index (χ2n) is 6.57. The summed E-state index contributed by atoms with van der Waals surface area (Å²) in [6.07, 6.45) is 18.2. The van der Waals surface area contributed by atoms with Crippen LogP contribution in [0.5, 0.6) is 0 Å². The molecule has 0 unspecified atom stereocenters. The number of rotatable bonds is 7. The lowest BCUT2D eigenvalue weighted by Crippen LogP contribution is -2.26. The predicted octanol–water partition coefficient (Wildman–Crippen LogP) is 5.13. The van der Waals surface area contributed by atoms with Crippen LogP contribution in [0, 0.1) is 0 Å². The average molecular weight is 283 g/mol. The van der Waals surface area contributed by atoms with E-state index in [0.29, 0.717) is 7.92 Å². The summed E-state index contributed by atoms with van der Waals surface area (Å²) >= 11 is 0. The average Bonchev–Trinajstić information content (AvgIpc) is 2.49. The van der Waals surface area contributed by atoms with E-state index in [1.165, 1.54) is 64.2 Å². The third-order valence-corrected chi connectivity index (χ3v) is 8.71. The van der Waals surface area contributed by atoms with Crippen LogP contribution in [0.4, 0.5) is 0 Å². The van der Waals surface area contributed by atoms with Crippen molar-refractivity contribution in [2.45, 2.75) is 88.9 Å². The van der Waals surface area contributed by atoms with Gasteiger partial charge in [0.25, 0.3) is 0 Å². The molecule has 0 bridgehead atoms. The molecule has 0 aromatic carbocycles. The van der Waals surface area contributed by atoms with Crippen LogP contribution in [0.1, 0.15) is 77.6 Å². The molecule has 2 aliphatic rings. The van der Waals surface area contributed by atoms with E-state index in [-0.39, 0.29) is 0 Å². The van der Waals surface area contributed by atoms with Crippen LogP contribution >= 0.6 is 7.92 Å². The summed E-state index contributed by atoms with van der Waals surface area (Å²) < 4.78 is 0. The highest BCUT2D eigenvalue weighted by Crippen LogP contribution is 2.55. The van der Waals surface area contributed by atoms with Crippen LogP contribution in [0.2, 0.25) is 0 Å². The van der Waals surface area contributed by atoms with E-state index in [1.807, 2.05) is 0 Å². The molecule has 2 aliphatic carbocycles. The molecule has 0 radical (unpaired) electrons. The lowest BCUT2D eigenvalue weighted by Gasteiger charge is -2.38. The Morgan fingerprint density at radius 2 is 1.32 bits per heavy atom. The van der Waals surface area contributed by atoms with E-state index >= 15 is 0 Å². The molecular formula is C17H34NP. The largest absolute Gasteiger partial charge is 0.316 e. The molecule has 112 valence electrons. The molecule has 0 heterocycles. The first kappa shape index (κ1) is 15.8. The first-order valence-electron chi connectivity index (χ1n) is 8.88. The Hall–Kier alpha value is 0.390. The zero-order chi connectivity index (χ0) is 13.3. The third-order valence-electron chi connectivity index (χ3n) is 5.06. The highest BCUT2D eigenvalue weighted by molar-refractivity contribution is 7.59. The van der Waals surface area contributed by atoms with Gasteiger partial charge in [-0.3, -0.25) is 0 Å². The lowest BCUT2D eigenvalue weighted by molar-refractivity contribution is 0.483. The molecule has 2 heteroatoms. The minimum atomic E-state index is 0.324. The van der Waals surface area contributed by atoms with Gasteiger partial charge in [-0.2, -0.15) is 0 Å². The summed E-state index contributed by atoms with van der Waals surface area (Å²) in [5, 5.41) is 3.66. The van der Waals surface area contributed by atoms with Crippen molar-refractivity contribution in [3.63, 3.8) is 0 Å². The van der Waals surface area contributed by atoms with Crippen molar-refractivity contribution in [2.75, 3.05) is 19.3 Å². The molecule has 1 N–H and O–H groups in total. The molecule has 0 aromatic heterocycles. The summed E-state index contributed by atoms with van der Waals surface area (Å²) in [6.45, 7) is 4.79. The van der Waals surface area contributed by atoms with Crippen LogP contribution in [0.15, 0.2) is 0 Å². The maximum atomic E-state index is 3.66. The van der Waals surface area contributed by atoms with Crippen LogP contribution in [-0.2, 0) is 0 Å². The van der Waals surface area contributed by atoms with Gasteiger partial charge in [0.05, 0.1) is 0 Å². The molecule has 1 nitrogen and oxygen atoms in total. The maximum absolute atomic E-state index is 3.66. The van der Waals surface area contributed by atoms with E-state index in [1.54, 1.807) is 25.7 Å². The minimum absolute atomic E-state index is 0.324. The number of hydrogen-bond acceptors (Lipinski definition) is 1. The Balaban J connectivity index is 1.83. The molecule has 2 saturated carbocycles. The van der Waals surface area contributed by atoms with Gasteiger partial charge in [-0.05, 0) is 62.7 Å². The van der Waals surface area contributed by atoms with E-state index in [0.717, 1.165) is 11.3 Å². The molecule has 0 saturated heterocycles. The smallest absolute Gasteiger partial charge is 0.000931 e. The highest BCUT2D eigenvalue weighted by Gasteiger charge is 2.30. The zero-order valence-electron chi connectivity index (χ0n) is 13.0. The number of nitrogens with one attached hydrogen (secondary N) is 1. The minimum Gasteiger partial charge on any atom is -0.316 e. The second kappa shape index (κ2) is 9.35. The molecule has 0 spiro atoms. The van der Waals surface area contributed by atoms with E-state index in [9.17, 15) is 0 Å². The second-order valence-corrected chi connectivity index (χ2v) is 9.51. The fourth-order valence-electron chi connectivity index (χ4n) is 4.00. The van der Waals surface area contributed by atoms with Crippen molar-refractivity contribution in [3.05, 3.63) is 0 Å². The van der Waals surface area contributed by atoms with Crippen LogP contribution in [-0.4, -0.2) is 30.6 Å². The van der Waals surface area contributed by atoms with Crippen molar-refractivity contribution in [2.24, 2.45) is 0 Å². The van der Waals surface area contributed by atoms with Gasteiger partial charge >= 0.3 is 0 Å². The van der Waals surface area contributed by atoms with Gasteiger partial charge in [0, 0.05) is 0 Å². The molecule has 2 rings (SSSR count). The molecule has 0 atom stereocenters. The van der Waals surface area contributed by atoms with Crippen LogP contribution < -0.4 is 5.32 Å². The quantitative estimate of drug-likeness (QED) is 0.504. The Morgan fingerprint density at radius 1 is 0.789 bits per heavy atom. The van der Waals surface area contributed by atoms with Crippen molar-refractivity contribution >= 4 is 7.92 Å². The monoisotopic (exact) mass is 283 g/mol. The molecule has 19 heavy (non-hydrogen) atoms. The highest BCUT2D eigenvalue weighted by atomic mass is 31.1. The maximum Gasteiger partial charge on any atom is -0.000931 e. The van der Waals surface area contributed by atoms with E-state index in [2.05, 4.69) is 12.2 Å². The first-order valence-corrected chi connectivity index (χ1v) is 10.5. The van der Waals surface area contributed by atoms with Crippen molar-refractivity contribution in [1.29, 1.82) is 0 Å². The van der Waals surface area contributed by atoms with E-state index < -0.39 is 0 Å². The third kappa shape index (κ3) is 5.35. The summed E-state index contributed by atoms with van der Waals surface area (Å²) in [5.74, 6) is 0. The lowest BCUT2D eigenvalue weighted by atomic mass is 9.99. The first-order chi connectivity index (χ1) is 9.42. The fourth-order valence-corrected chi connectivity index (χ4v) is 7.80. The summed E-state index contributed by atoms with van der Waals surface area (Å²) in [6, 6.07) is 0. The summed E-state index contributed by atoms with van der Waals surface area (Å²) in [5.41, 5.74) is 2.27. The standard InChI is InChI=1S/C17H34NP/c1-2-13-18-14-15-19(16-9-5-3-6-10-16)17-11-7-4-8-12-17/h16-18H,2-15H2,1H3. The molecule has 2 fully saturated rings. The number of hydrogen-bond donors (Lipinski definition) is 1. The van der Waals surface area contributed by atoms with Crippen molar-refractivity contribution in [1.82, 2.24) is 5.32 Å². The summed E-state index contributed by atoms with van der Waals surface area (Å²) in [4.78, 5) is 0. The molecule has 0 amide bonds. The van der Waals surface area contributed by atoms with Gasteiger partial charge in [-0.25, -0.2) is 0 Å². The Kier molecular flexibility index (Phi) is 7.76. The zero-order valence-corrected chi connectivity index (χ0v) is 13.9. The Morgan fingerprint density at radius 3 is 1.79 bits per heavy atom. The molecular weight excluding hydrogens is 249 g/mol. The summed E-state index contributed by atoms with van der Waals surface area (Å²) in [7, 11) is 0.324. The van der Waals surface area contributed by atoms with Crippen molar-refractivity contribution < 1.29 is 0 Å². The van der Waals surface area contributed by atoms with E-state index in [4.69, 9.17) is 0 Å².